The molecule has 0 aliphatic carbocycles. The van der Waals surface area contributed by atoms with Crippen LogP contribution in [0.2, 0.25) is 0 Å². The average molecular weight is 356 g/mol. The van der Waals surface area contributed by atoms with Gasteiger partial charge in [0, 0.05) is 28.2 Å². The maximum atomic E-state index is 4.66. The summed E-state index contributed by atoms with van der Waals surface area (Å²) >= 11 is 0. The molecular formula is C19H16N8. The number of hydrogen-bond acceptors (Lipinski definition) is 6. The van der Waals surface area contributed by atoms with E-state index in [0.29, 0.717) is 17.6 Å². The number of para-hydroxylation sites is 1. The highest BCUT2D eigenvalue weighted by Crippen LogP contribution is 2.26. The van der Waals surface area contributed by atoms with E-state index >= 15 is 0 Å². The summed E-state index contributed by atoms with van der Waals surface area (Å²) in [5.74, 6) is 1.90. The number of aryl methyl sites for hydroxylation is 1. The highest BCUT2D eigenvalue weighted by molar-refractivity contribution is 5.92. The molecule has 0 unspecified atom stereocenters. The molecular weight excluding hydrogens is 340 g/mol. The number of anilines is 4. The van der Waals surface area contributed by atoms with Crippen molar-refractivity contribution in [2.45, 2.75) is 6.92 Å². The molecule has 0 radical (unpaired) electrons. The molecule has 5 rings (SSSR count). The molecule has 0 saturated carbocycles. The Balaban J connectivity index is 1.55. The molecule has 0 aliphatic heterocycles. The summed E-state index contributed by atoms with van der Waals surface area (Å²) in [7, 11) is 0. The summed E-state index contributed by atoms with van der Waals surface area (Å²) < 4.78 is 0. The molecule has 0 bridgehead atoms. The van der Waals surface area contributed by atoms with Gasteiger partial charge in [0.2, 0.25) is 5.95 Å². The SMILES string of the molecule is Cc1cc(Nc2nc(Nc3ccc4cn[nH]c4c3)nc3ccccc23)n[nH]1. The van der Waals surface area contributed by atoms with Crippen LogP contribution >= 0.6 is 0 Å². The first-order valence-electron chi connectivity index (χ1n) is 8.50. The van der Waals surface area contributed by atoms with Crippen LogP contribution in [0.25, 0.3) is 21.8 Å². The van der Waals surface area contributed by atoms with Gasteiger partial charge in [0.1, 0.15) is 5.82 Å². The zero-order chi connectivity index (χ0) is 18.2. The van der Waals surface area contributed by atoms with Crippen molar-refractivity contribution in [2.75, 3.05) is 10.6 Å². The van der Waals surface area contributed by atoms with Crippen LogP contribution in [0.4, 0.5) is 23.3 Å². The molecule has 8 heteroatoms. The second-order valence-corrected chi connectivity index (χ2v) is 6.27. The second kappa shape index (κ2) is 6.10. The lowest BCUT2D eigenvalue weighted by atomic mass is 10.2. The van der Waals surface area contributed by atoms with Crippen molar-refractivity contribution in [3.8, 4) is 0 Å². The third kappa shape index (κ3) is 2.93. The molecule has 2 aromatic carbocycles. The predicted molar refractivity (Wildman–Crippen MR) is 106 cm³/mol. The fourth-order valence-corrected chi connectivity index (χ4v) is 2.98. The van der Waals surface area contributed by atoms with Crippen LogP contribution in [-0.4, -0.2) is 30.4 Å². The van der Waals surface area contributed by atoms with Crippen molar-refractivity contribution in [3.05, 3.63) is 60.4 Å². The summed E-state index contributed by atoms with van der Waals surface area (Å²) in [4.78, 5) is 9.28. The van der Waals surface area contributed by atoms with Crippen molar-refractivity contribution in [3.63, 3.8) is 0 Å². The number of H-pyrrole nitrogens is 2. The monoisotopic (exact) mass is 356 g/mol. The minimum Gasteiger partial charge on any atom is -0.324 e. The normalized spacial score (nSPS) is 11.1. The van der Waals surface area contributed by atoms with Crippen molar-refractivity contribution >= 4 is 45.1 Å². The average Bonchev–Trinajstić information content (AvgIpc) is 3.30. The number of rotatable bonds is 4. The number of nitrogens with one attached hydrogen (secondary N) is 4. The molecule has 0 aliphatic rings. The van der Waals surface area contributed by atoms with Gasteiger partial charge in [-0.15, -0.1) is 0 Å². The number of hydrogen-bond donors (Lipinski definition) is 4. The van der Waals surface area contributed by atoms with Crippen LogP contribution < -0.4 is 10.6 Å². The summed E-state index contributed by atoms with van der Waals surface area (Å²) in [5.41, 5.74) is 3.64. The van der Waals surface area contributed by atoms with E-state index in [1.54, 1.807) is 6.20 Å². The Labute approximate surface area is 154 Å². The minimum absolute atomic E-state index is 0.502. The highest BCUT2D eigenvalue weighted by atomic mass is 15.2. The van der Waals surface area contributed by atoms with Gasteiger partial charge >= 0.3 is 0 Å². The predicted octanol–water partition coefficient (Wildman–Crippen LogP) is 4.02. The summed E-state index contributed by atoms with van der Waals surface area (Å²) in [6.07, 6.45) is 1.79. The Kier molecular flexibility index (Phi) is 3.46. The van der Waals surface area contributed by atoms with E-state index < -0.39 is 0 Å². The van der Waals surface area contributed by atoms with Gasteiger partial charge in [-0.1, -0.05) is 12.1 Å². The van der Waals surface area contributed by atoms with Crippen molar-refractivity contribution in [1.82, 2.24) is 30.4 Å². The lowest BCUT2D eigenvalue weighted by Crippen LogP contribution is -2.02. The van der Waals surface area contributed by atoms with Crippen molar-refractivity contribution in [2.24, 2.45) is 0 Å². The molecule has 0 fully saturated rings. The van der Waals surface area contributed by atoms with E-state index in [2.05, 4.69) is 41.0 Å². The van der Waals surface area contributed by atoms with E-state index in [4.69, 9.17) is 0 Å². The molecule has 8 nitrogen and oxygen atoms in total. The zero-order valence-electron chi connectivity index (χ0n) is 14.5. The van der Waals surface area contributed by atoms with Crippen LogP contribution in [0.1, 0.15) is 5.69 Å². The van der Waals surface area contributed by atoms with E-state index in [-0.39, 0.29) is 0 Å². The fourth-order valence-electron chi connectivity index (χ4n) is 2.98. The molecule has 0 spiro atoms. The van der Waals surface area contributed by atoms with Gasteiger partial charge in [-0.2, -0.15) is 15.2 Å². The quantitative estimate of drug-likeness (QED) is 0.387. The van der Waals surface area contributed by atoms with Gasteiger partial charge in [0.15, 0.2) is 5.82 Å². The van der Waals surface area contributed by atoms with Gasteiger partial charge in [-0.05, 0) is 37.3 Å². The van der Waals surface area contributed by atoms with E-state index in [1.165, 1.54) is 0 Å². The molecule has 3 aromatic heterocycles. The molecule has 5 aromatic rings. The van der Waals surface area contributed by atoms with Gasteiger partial charge in [0.25, 0.3) is 0 Å². The Morgan fingerprint density at radius 1 is 0.926 bits per heavy atom. The largest absolute Gasteiger partial charge is 0.324 e. The Morgan fingerprint density at radius 3 is 2.74 bits per heavy atom. The topological polar surface area (TPSA) is 107 Å². The molecule has 0 amide bonds. The zero-order valence-corrected chi connectivity index (χ0v) is 14.5. The summed E-state index contributed by atoms with van der Waals surface area (Å²) in [6, 6.07) is 15.7. The van der Waals surface area contributed by atoms with E-state index in [0.717, 1.165) is 33.2 Å². The second-order valence-electron chi connectivity index (χ2n) is 6.27. The summed E-state index contributed by atoms with van der Waals surface area (Å²) in [6.45, 7) is 1.95. The molecule has 0 atom stereocenters. The van der Waals surface area contributed by atoms with Crippen LogP contribution in [0.15, 0.2) is 54.7 Å². The first-order valence-corrected chi connectivity index (χ1v) is 8.50. The molecule has 0 saturated heterocycles. The number of aromatic amines is 2. The van der Waals surface area contributed by atoms with Gasteiger partial charge in [0.05, 0.1) is 17.2 Å². The van der Waals surface area contributed by atoms with Crippen LogP contribution in [0, 0.1) is 6.92 Å². The van der Waals surface area contributed by atoms with Gasteiger partial charge in [-0.3, -0.25) is 10.2 Å². The third-order valence-electron chi connectivity index (χ3n) is 4.25. The Hall–Kier alpha value is -3.94. The lowest BCUT2D eigenvalue weighted by molar-refractivity contribution is 1.05. The molecule has 132 valence electrons. The maximum absolute atomic E-state index is 4.66. The van der Waals surface area contributed by atoms with Gasteiger partial charge < -0.3 is 10.6 Å². The first kappa shape index (κ1) is 15.3. The smallest absolute Gasteiger partial charge is 0.229 e. The van der Waals surface area contributed by atoms with Crippen molar-refractivity contribution < 1.29 is 0 Å². The van der Waals surface area contributed by atoms with E-state index in [9.17, 15) is 0 Å². The van der Waals surface area contributed by atoms with Crippen molar-refractivity contribution in [1.29, 1.82) is 0 Å². The number of benzene rings is 2. The Morgan fingerprint density at radius 2 is 1.85 bits per heavy atom. The number of nitrogens with zero attached hydrogens (tertiary/aromatic N) is 4. The highest BCUT2D eigenvalue weighted by Gasteiger charge is 2.10. The summed E-state index contributed by atoms with van der Waals surface area (Å²) in [5, 5.41) is 22.7. The first-order chi connectivity index (χ1) is 13.2. The standard InChI is InChI=1S/C19H16N8/c1-11-8-17(27-25-11)23-18-14-4-2-3-5-15(14)22-19(24-18)21-13-7-6-12-10-20-26-16(12)9-13/h2-10H,1H3,(H,20,26)(H3,21,22,23,24,25,27). The number of fused-ring (bicyclic) bond motifs is 2. The molecule has 4 N–H and O–H groups in total. The molecule has 27 heavy (non-hydrogen) atoms. The van der Waals surface area contributed by atoms with Crippen LogP contribution in [0.5, 0.6) is 0 Å². The van der Waals surface area contributed by atoms with Crippen LogP contribution in [0.3, 0.4) is 0 Å². The molecule has 3 heterocycles. The minimum atomic E-state index is 0.502. The Bertz CT molecular complexity index is 1250. The lowest BCUT2D eigenvalue weighted by Gasteiger charge is -2.10. The van der Waals surface area contributed by atoms with E-state index in [1.807, 2.05) is 55.5 Å². The maximum Gasteiger partial charge on any atom is 0.229 e. The number of aromatic nitrogens is 6. The van der Waals surface area contributed by atoms with Gasteiger partial charge in [-0.25, -0.2) is 4.98 Å². The third-order valence-corrected chi connectivity index (χ3v) is 4.25. The van der Waals surface area contributed by atoms with Crippen LogP contribution in [-0.2, 0) is 0 Å². The fraction of sp³-hybridized carbons (Fsp3) is 0.0526.